The predicted molar refractivity (Wildman–Crippen MR) is 79.6 cm³/mol. The minimum absolute atomic E-state index is 0.216. The normalized spacial score (nSPS) is 22.2. The summed E-state index contributed by atoms with van der Waals surface area (Å²) in [6, 6.07) is 0. The van der Waals surface area contributed by atoms with E-state index in [1.54, 1.807) is 11.1 Å². The molecule has 0 aliphatic heterocycles. The molecule has 0 fully saturated rings. The standard InChI is InChI=1S/C17H30O/c1-13(8-10-15(3)18)9-11-16-14(2)7-6-12-17(16,4)5/h8,15,18H,6-7,9-12H2,1-5H3. The number of rotatable bonds is 5. The lowest BCUT2D eigenvalue weighted by Crippen LogP contribution is -2.20. The Labute approximate surface area is 113 Å². The van der Waals surface area contributed by atoms with Gasteiger partial charge in [-0.3, -0.25) is 0 Å². The molecule has 1 unspecified atom stereocenters. The molecule has 1 N–H and O–H groups in total. The molecule has 1 aliphatic carbocycles. The quantitative estimate of drug-likeness (QED) is 0.680. The Morgan fingerprint density at radius 1 is 1.44 bits per heavy atom. The van der Waals surface area contributed by atoms with Crippen LogP contribution in [-0.4, -0.2) is 11.2 Å². The van der Waals surface area contributed by atoms with E-state index in [0.717, 1.165) is 12.8 Å². The number of allylic oxidation sites excluding steroid dienone is 3. The average Bonchev–Trinajstić information content (AvgIpc) is 2.24. The molecule has 18 heavy (non-hydrogen) atoms. The van der Waals surface area contributed by atoms with Gasteiger partial charge in [-0.05, 0) is 64.7 Å². The van der Waals surface area contributed by atoms with Crippen molar-refractivity contribution in [3.8, 4) is 0 Å². The van der Waals surface area contributed by atoms with Crippen molar-refractivity contribution >= 4 is 0 Å². The first-order valence-corrected chi connectivity index (χ1v) is 7.35. The Morgan fingerprint density at radius 3 is 2.67 bits per heavy atom. The van der Waals surface area contributed by atoms with Crippen molar-refractivity contribution in [1.82, 2.24) is 0 Å². The zero-order chi connectivity index (χ0) is 13.8. The molecule has 0 spiro atoms. The summed E-state index contributed by atoms with van der Waals surface area (Å²) in [6.45, 7) is 11.1. The highest BCUT2D eigenvalue weighted by molar-refractivity contribution is 5.23. The maximum atomic E-state index is 9.29. The molecule has 0 bridgehead atoms. The average molecular weight is 250 g/mol. The zero-order valence-corrected chi connectivity index (χ0v) is 12.8. The Morgan fingerprint density at radius 2 is 2.11 bits per heavy atom. The van der Waals surface area contributed by atoms with Crippen molar-refractivity contribution in [2.75, 3.05) is 0 Å². The summed E-state index contributed by atoms with van der Waals surface area (Å²) >= 11 is 0. The van der Waals surface area contributed by atoms with Crippen molar-refractivity contribution in [2.24, 2.45) is 5.41 Å². The van der Waals surface area contributed by atoms with Gasteiger partial charge in [0.25, 0.3) is 0 Å². The molecule has 0 saturated heterocycles. The highest BCUT2D eigenvalue weighted by Gasteiger charge is 2.27. The molecule has 0 aromatic heterocycles. The Kier molecular flexibility index (Phi) is 5.65. The molecule has 1 heteroatoms. The summed E-state index contributed by atoms with van der Waals surface area (Å²) < 4.78 is 0. The van der Waals surface area contributed by atoms with Gasteiger partial charge in [0.15, 0.2) is 0 Å². The van der Waals surface area contributed by atoms with Gasteiger partial charge in [0, 0.05) is 0 Å². The first-order chi connectivity index (χ1) is 8.33. The van der Waals surface area contributed by atoms with E-state index < -0.39 is 0 Å². The van der Waals surface area contributed by atoms with Crippen molar-refractivity contribution < 1.29 is 5.11 Å². The lowest BCUT2D eigenvalue weighted by atomic mass is 9.71. The van der Waals surface area contributed by atoms with Crippen LogP contribution in [0.3, 0.4) is 0 Å². The Bertz CT molecular complexity index is 332. The Balaban J connectivity index is 2.59. The van der Waals surface area contributed by atoms with Gasteiger partial charge in [-0.2, -0.15) is 0 Å². The third-order valence-electron chi connectivity index (χ3n) is 4.26. The number of aliphatic hydroxyl groups excluding tert-OH is 1. The van der Waals surface area contributed by atoms with Gasteiger partial charge in [0.05, 0.1) is 6.10 Å². The van der Waals surface area contributed by atoms with Crippen molar-refractivity contribution in [2.45, 2.75) is 79.2 Å². The minimum atomic E-state index is -0.216. The van der Waals surface area contributed by atoms with E-state index in [9.17, 15) is 5.11 Å². The van der Waals surface area contributed by atoms with Crippen LogP contribution in [0.4, 0.5) is 0 Å². The van der Waals surface area contributed by atoms with Gasteiger partial charge >= 0.3 is 0 Å². The minimum Gasteiger partial charge on any atom is -0.393 e. The topological polar surface area (TPSA) is 20.2 Å². The molecular weight excluding hydrogens is 220 g/mol. The van der Waals surface area contributed by atoms with Gasteiger partial charge in [-0.15, -0.1) is 0 Å². The van der Waals surface area contributed by atoms with Crippen LogP contribution in [0.5, 0.6) is 0 Å². The molecule has 0 amide bonds. The second-order valence-electron chi connectivity index (χ2n) is 6.63. The molecule has 1 nitrogen and oxygen atoms in total. The smallest absolute Gasteiger partial charge is 0.0546 e. The van der Waals surface area contributed by atoms with Crippen LogP contribution in [0.15, 0.2) is 22.8 Å². The molecule has 0 radical (unpaired) electrons. The van der Waals surface area contributed by atoms with E-state index in [-0.39, 0.29) is 6.10 Å². The molecule has 1 rings (SSSR count). The maximum Gasteiger partial charge on any atom is 0.0546 e. The van der Waals surface area contributed by atoms with Crippen LogP contribution in [0.1, 0.15) is 73.1 Å². The van der Waals surface area contributed by atoms with Crippen LogP contribution in [0.25, 0.3) is 0 Å². The summed E-state index contributed by atoms with van der Waals surface area (Å²) in [5.41, 5.74) is 5.11. The first kappa shape index (κ1) is 15.5. The second kappa shape index (κ2) is 6.56. The van der Waals surface area contributed by atoms with Gasteiger partial charge in [-0.25, -0.2) is 0 Å². The molecule has 1 aliphatic rings. The molecule has 0 aromatic carbocycles. The van der Waals surface area contributed by atoms with Crippen LogP contribution in [-0.2, 0) is 0 Å². The SMILES string of the molecule is CC(=CCC(C)O)CCC1=C(C)CCCC1(C)C. The maximum absolute atomic E-state index is 9.29. The van der Waals surface area contributed by atoms with E-state index in [0.29, 0.717) is 5.41 Å². The van der Waals surface area contributed by atoms with Gasteiger partial charge < -0.3 is 5.11 Å². The molecule has 0 saturated carbocycles. The molecule has 104 valence electrons. The van der Waals surface area contributed by atoms with E-state index in [1.807, 2.05) is 6.92 Å². The van der Waals surface area contributed by atoms with Crippen molar-refractivity contribution in [3.63, 3.8) is 0 Å². The fourth-order valence-electron chi connectivity index (χ4n) is 3.02. The van der Waals surface area contributed by atoms with Crippen LogP contribution in [0, 0.1) is 5.41 Å². The monoisotopic (exact) mass is 250 g/mol. The fourth-order valence-corrected chi connectivity index (χ4v) is 3.02. The van der Waals surface area contributed by atoms with Gasteiger partial charge in [0.1, 0.15) is 0 Å². The largest absolute Gasteiger partial charge is 0.393 e. The third kappa shape index (κ3) is 4.61. The first-order valence-electron chi connectivity index (χ1n) is 7.35. The van der Waals surface area contributed by atoms with E-state index >= 15 is 0 Å². The second-order valence-corrected chi connectivity index (χ2v) is 6.63. The lowest BCUT2D eigenvalue weighted by Gasteiger charge is -2.35. The number of aliphatic hydroxyl groups is 1. The fraction of sp³-hybridized carbons (Fsp3) is 0.765. The van der Waals surface area contributed by atoms with Gasteiger partial charge in [-0.1, -0.05) is 36.6 Å². The lowest BCUT2D eigenvalue weighted by molar-refractivity contribution is 0.198. The van der Waals surface area contributed by atoms with E-state index in [4.69, 9.17) is 0 Å². The summed E-state index contributed by atoms with van der Waals surface area (Å²) in [7, 11) is 0. The predicted octanol–water partition coefficient (Wildman–Crippen LogP) is 5.01. The molecular formula is C17H30O. The summed E-state index contributed by atoms with van der Waals surface area (Å²) in [5.74, 6) is 0. The number of hydrogen-bond acceptors (Lipinski definition) is 1. The summed E-state index contributed by atoms with van der Waals surface area (Å²) in [4.78, 5) is 0. The highest BCUT2D eigenvalue weighted by atomic mass is 16.3. The van der Waals surface area contributed by atoms with Crippen molar-refractivity contribution in [1.29, 1.82) is 0 Å². The third-order valence-corrected chi connectivity index (χ3v) is 4.26. The van der Waals surface area contributed by atoms with E-state index in [1.165, 1.54) is 31.3 Å². The summed E-state index contributed by atoms with van der Waals surface area (Å²) in [6.07, 6.45) is 9.06. The van der Waals surface area contributed by atoms with E-state index in [2.05, 4.69) is 33.8 Å². The molecule has 0 aromatic rings. The number of hydrogen-bond donors (Lipinski definition) is 1. The van der Waals surface area contributed by atoms with Crippen LogP contribution < -0.4 is 0 Å². The highest BCUT2D eigenvalue weighted by Crippen LogP contribution is 2.42. The summed E-state index contributed by atoms with van der Waals surface area (Å²) in [5, 5.41) is 9.29. The zero-order valence-electron chi connectivity index (χ0n) is 12.8. The van der Waals surface area contributed by atoms with Crippen LogP contribution >= 0.6 is 0 Å². The van der Waals surface area contributed by atoms with Crippen molar-refractivity contribution in [3.05, 3.63) is 22.8 Å². The van der Waals surface area contributed by atoms with Crippen LogP contribution in [0.2, 0.25) is 0 Å². The van der Waals surface area contributed by atoms with Gasteiger partial charge in [0.2, 0.25) is 0 Å². The molecule has 0 heterocycles. The molecule has 1 atom stereocenters. The Hall–Kier alpha value is -0.560.